The molecule has 1 saturated carbocycles. The van der Waals surface area contributed by atoms with Crippen molar-refractivity contribution in [3.8, 4) is 0 Å². The van der Waals surface area contributed by atoms with Crippen LogP contribution in [0.2, 0.25) is 0 Å². The number of Topliss-reactive ketones (excluding diaryl/α,β-unsaturated/α-hetero) is 1. The molecule has 1 aliphatic rings. The molecule has 0 aliphatic heterocycles. The number of rotatable bonds is 4. The predicted octanol–water partition coefficient (Wildman–Crippen LogP) is 1.86. The lowest BCUT2D eigenvalue weighted by atomic mass is 9.98. The molecule has 3 nitrogen and oxygen atoms in total. The van der Waals surface area contributed by atoms with Gasteiger partial charge in [0.15, 0.2) is 0 Å². The summed E-state index contributed by atoms with van der Waals surface area (Å²) in [5, 5.41) is 8.40. The third-order valence-corrected chi connectivity index (χ3v) is 2.74. The molecule has 1 fully saturated rings. The number of ketones is 1. The van der Waals surface area contributed by atoms with Crippen molar-refractivity contribution in [3.63, 3.8) is 0 Å². The number of carbonyl (C=O) groups excluding carboxylic acids is 1. The van der Waals surface area contributed by atoms with Gasteiger partial charge >= 0.3 is 5.97 Å². The molecule has 0 radical (unpaired) electrons. The normalized spacial score (nSPS) is 27.5. The van der Waals surface area contributed by atoms with Crippen molar-refractivity contribution in [2.75, 3.05) is 0 Å². The van der Waals surface area contributed by atoms with Gasteiger partial charge in [0.2, 0.25) is 0 Å². The summed E-state index contributed by atoms with van der Waals surface area (Å²) in [4.78, 5) is 21.7. The van der Waals surface area contributed by atoms with Crippen LogP contribution in [0.4, 0.5) is 0 Å². The Morgan fingerprint density at radius 1 is 1.31 bits per heavy atom. The van der Waals surface area contributed by atoms with Gasteiger partial charge in [-0.25, -0.2) is 0 Å². The molecule has 0 aromatic heterocycles. The summed E-state index contributed by atoms with van der Waals surface area (Å²) in [6.07, 6.45) is 3.23. The summed E-state index contributed by atoms with van der Waals surface area (Å²) >= 11 is 0. The minimum Gasteiger partial charge on any atom is -0.481 e. The molecule has 0 heterocycles. The number of carbonyl (C=O) groups is 2. The summed E-state index contributed by atoms with van der Waals surface area (Å²) < 4.78 is 0. The highest BCUT2D eigenvalue weighted by Gasteiger charge is 2.26. The van der Waals surface area contributed by atoms with Crippen LogP contribution in [-0.4, -0.2) is 16.9 Å². The first kappa shape index (κ1) is 10.2. The molecule has 0 spiro atoms. The van der Waals surface area contributed by atoms with E-state index < -0.39 is 5.97 Å². The monoisotopic (exact) mass is 184 g/mol. The number of carboxylic acids is 1. The molecule has 13 heavy (non-hydrogen) atoms. The zero-order valence-corrected chi connectivity index (χ0v) is 7.95. The number of aliphatic carboxylic acids is 1. The van der Waals surface area contributed by atoms with E-state index in [1.807, 2.05) is 0 Å². The highest BCUT2D eigenvalue weighted by molar-refractivity contribution is 5.84. The molecule has 3 heteroatoms. The van der Waals surface area contributed by atoms with E-state index in [4.69, 9.17) is 5.11 Å². The van der Waals surface area contributed by atoms with E-state index in [0.717, 1.165) is 19.3 Å². The SMILES string of the molecule is CC1CCC(C(=O)CCC(=O)O)C1. The molecule has 74 valence electrons. The molecule has 0 aromatic carbocycles. The van der Waals surface area contributed by atoms with Gasteiger partial charge in [0.25, 0.3) is 0 Å². The number of hydrogen-bond acceptors (Lipinski definition) is 2. The topological polar surface area (TPSA) is 54.4 Å². The average molecular weight is 184 g/mol. The van der Waals surface area contributed by atoms with Crippen molar-refractivity contribution in [2.24, 2.45) is 11.8 Å². The van der Waals surface area contributed by atoms with E-state index in [0.29, 0.717) is 5.92 Å². The maximum Gasteiger partial charge on any atom is 0.303 e. The van der Waals surface area contributed by atoms with Crippen LogP contribution in [0.3, 0.4) is 0 Å². The van der Waals surface area contributed by atoms with Gasteiger partial charge in [-0.15, -0.1) is 0 Å². The first-order valence-electron chi connectivity index (χ1n) is 4.84. The quantitative estimate of drug-likeness (QED) is 0.725. The Morgan fingerprint density at radius 2 is 2.00 bits per heavy atom. The van der Waals surface area contributed by atoms with E-state index in [1.54, 1.807) is 0 Å². The van der Waals surface area contributed by atoms with Crippen molar-refractivity contribution in [1.29, 1.82) is 0 Å². The van der Waals surface area contributed by atoms with Gasteiger partial charge in [0, 0.05) is 12.3 Å². The molecule has 0 saturated heterocycles. The highest BCUT2D eigenvalue weighted by atomic mass is 16.4. The summed E-state index contributed by atoms with van der Waals surface area (Å²) in [6.45, 7) is 2.14. The molecule has 1 aliphatic carbocycles. The van der Waals surface area contributed by atoms with Crippen LogP contribution in [0.15, 0.2) is 0 Å². The van der Waals surface area contributed by atoms with Crippen LogP contribution < -0.4 is 0 Å². The first-order valence-corrected chi connectivity index (χ1v) is 4.84. The van der Waals surface area contributed by atoms with Gasteiger partial charge in [0.05, 0.1) is 6.42 Å². The summed E-state index contributed by atoms with van der Waals surface area (Å²) in [5.41, 5.74) is 0. The fourth-order valence-electron chi connectivity index (χ4n) is 1.93. The van der Waals surface area contributed by atoms with Crippen LogP contribution in [0.1, 0.15) is 39.0 Å². The molecule has 2 unspecified atom stereocenters. The maximum absolute atomic E-state index is 11.4. The van der Waals surface area contributed by atoms with Gasteiger partial charge in [-0.2, -0.15) is 0 Å². The summed E-state index contributed by atoms with van der Waals surface area (Å²) in [5.74, 6) is 0.0549. The zero-order valence-electron chi connectivity index (χ0n) is 7.95. The minimum atomic E-state index is -0.876. The second-order valence-electron chi connectivity index (χ2n) is 3.98. The molecule has 1 N–H and O–H groups in total. The number of hydrogen-bond donors (Lipinski definition) is 1. The molecular formula is C10H16O3. The minimum absolute atomic E-state index is 0.0102. The van der Waals surface area contributed by atoms with Crippen LogP contribution >= 0.6 is 0 Å². The second-order valence-corrected chi connectivity index (χ2v) is 3.98. The Labute approximate surface area is 78.1 Å². The van der Waals surface area contributed by atoms with Crippen molar-refractivity contribution in [3.05, 3.63) is 0 Å². The van der Waals surface area contributed by atoms with Crippen molar-refractivity contribution < 1.29 is 14.7 Å². The Bertz CT molecular complexity index is 210. The van der Waals surface area contributed by atoms with E-state index in [2.05, 4.69) is 6.92 Å². The van der Waals surface area contributed by atoms with Gasteiger partial charge in [-0.3, -0.25) is 9.59 Å². The van der Waals surface area contributed by atoms with Crippen LogP contribution in [0, 0.1) is 11.8 Å². The fourth-order valence-corrected chi connectivity index (χ4v) is 1.93. The summed E-state index contributed by atoms with van der Waals surface area (Å²) in [6, 6.07) is 0. The first-order chi connectivity index (χ1) is 6.09. The van der Waals surface area contributed by atoms with Crippen molar-refractivity contribution in [2.45, 2.75) is 39.0 Å². The van der Waals surface area contributed by atoms with E-state index in [9.17, 15) is 9.59 Å². The van der Waals surface area contributed by atoms with Gasteiger partial charge in [-0.05, 0) is 25.2 Å². The number of carboxylic acid groups (broad SMARTS) is 1. The zero-order chi connectivity index (χ0) is 9.84. The van der Waals surface area contributed by atoms with E-state index in [1.165, 1.54) is 0 Å². The molecule has 2 atom stereocenters. The second kappa shape index (κ2) is 4.40. The molecule has 1 rings (SSSR count). The Balaban J connectivity index is 2.27. The predicted molar refractivity (Wildman–Crippen MR) is 48.4 cm³/mol. The Kier molecular flexibility index (Phi) is 3.46. The van der Waals surface area contributed by atoms with Crippen molar-refractivity contribution in [1.82, 2.24) is 0 Å². The standard InChI is InChI=1S/C10H16O3/c1-7-2-3-8(6-7)9(11)4-5-10(12)13/h7-8H,2-6H2,1H3,(H,12,13). The van der Waals surface area contributed by atoms with Crippen molar-refractivity contribution >= 4 is 11.8 Å². The third kappa shape index (κ3) is 3.17. The lowest BCUT2D eigenvalue weighted by Gasteiger charge is -2.06. The molecular weight excluding hydrogens is 168 g/mol. The molecule has 0 amide bonds. The third-order valence-electron chi connectivity index (χ3n) is 2.74. The Hall–Kier alpha value is -0.860. The average Bonchev–Trinajstić information content (AvgIpc) is 2.47. The van der Waals surface area contributed by atoms with Gasteiger partial charge in [0.1, 0.15) is 5.78 Å². The fraction of sp³-hybridized carbons (Fsp3) is 0.800. The molecule has 0 aromatic rings. The lowest BCUT2D eigenvalue weighted by Crippen LogP contribution is -2.12. The molecule has 0 bridgehead atoms. The van der Waals surface area contributed by atoms with Crippen LogP contribution in [0.25, 0.3) is 0 Å². The smallest absolute Gasteiger partial charge is 0.303 e. The van der Waals surface area contributed by atoms with E-state index >= 15 is 0 Å². The Morgan fingerprint density at radius 3 is 2.46 bits per heavy atom. The highest BCUT2D eigenvalue weighted by Crippen LogP contribution is 2.31. The largest absolute Gasteiger partial charge is 0.481 e. The summed E-state index contributed by atoms with van der Waals surface area (Å²) in [7, 11) is 0. The maximum atomic E-state index is 11.4. The lowest BCUT2D eigenvalue weighted by molar-refractivity contribution is -0.139. The van der Waals surface area contributed by atoms with Gasteiger partial charge < -0.3 is 5.11 Å². The van der Waals surface area contributed by atoms with Gasteiger partial charge in [-0.1, -0.05) is 6.92 Å². The van der Waals surface area contributed by atoms with Crippen LogP contribution in [-0.2, 0) is 9.59 Å². The van der Waals surface area contributed by atoms with Crippen LogP contribution in [0.5, 0.6) is 0 Å². The van der Waals surface area contributed by atoms with E-state index in [-0.39, 0.29) is 24.5 Å².